The van der Waals surface area contributed by atoms with Crippen LogP contribution in [0.1, 0.15) is 32.3 Å². The number of halogens is 1. The van der Waals surface area contributed by atoms with Crippen LogP contribution in [0.3, 0.4) is 0 Å². The Morgan fingerprint density at radius 2 is 1.94 bits per heavy atom. The number of nitrogens with zero attached hydrogens (tertiary/aromatic N) is 1. The number of hydrogen-bond acceptors (Lipinski definition) is 2. The van der Waals surface area contributed by atoms with Crippen LogP contribution in [0, 0.1) is 0 Å². The van der Waals surface area contributed by atoms with Gasteiger partial charge in [-0.15, -0.1) is 0 Å². The van der Waals surface area contributed by atoms with Gasteiger partial charge in [-0.3, -0.25) is 4.90 Å². The van der Waals surface area contributed by atoms with Crippen LogP contribution in [0.2, 0.25) is 5.02 Å². The fourth-order valence-electron chi connectivity index (χ4n) is 1.98. The molecule has 0 saturated carbocycles. The first kappa shape index (κ1) is 14.5. The highest BCUT2D eigenvalue weighted by atomic mass is 35.5. The molecule has 0 atom stereocenters. The summed E-state index contributed by atoms with van der Waals surface area (Å²) in [7, 11) is 2.02. The maximum Gasteiger partial charge on any atom is 0.0768 e. The van der Waals surface area contributed by atoms with Crippen LogP contribution >= 0.6 is 11.6 Å². The molecule has 0 saturated heterocycles. The highest BCUT2D eigenvalue weighted by Crippen LogP contribution is 2.18. The molecule has 96 valence electrons. The fraction of sp³-hybridized carbons (Fsp3) is 0.571. The van der Waals surface area contributed by atoms with Gasteiger partial charge >= 0.3 is 0 Å². The molecule has 0 unspecified atom stereocenters. The molecule has 0 amide bonds. The van der Waals surface area contributed by atoms with Crippen molar-refractivity contribution in [3.05, 3.63) is 34.9 Å². The SMILES string of the molecule is CCC(O)(CC)CN(C)Cc1cccc(Cl)c1. The summed E-state index contributed by atoms with van der Waals surface area (Å²) in [5, 5.41) is 11.0. The Morgan fingerprint density at radius 1 is 1.29 bits per heavy atom. The molecule has 2 nitrogen and oxygen atoms in total. The number of hydrogen-bond donors (Lipinski definition) is 1. The fourth-order valence-corrected chi connectivity index (χ4v) is 2.19. The molecule has 0 aromatic heterocycles. The highest BCUT2D eigenvalue weighted by molar-refractivity contribution is 6.30. The zero-order chi connectivity index (χ0) is 12.9. The average molecular weight is 256 g/mol. The smallest absolute Gasteiger partial charge is 0.0768 e. The summed E-state index contributed by atoms with van der Waals surface area (Å²) in [5.74, 6) is 0. The number of rotatable bonds is 6. The van der Waals surface area contributed by atoms with E-state index in [2.05, 4.69) is 11.0 Å². The minimum absolute atomic E-state index is 0.576. The first-order valence-corrected chi connectivity index (χ1v) is 6.52. The van der Waals surface area contributed by atoms with Gasteiger partial charge in [-0.1, -0.05) is 37.6 Å². The topological polar surface area (TPSA) is 23.5 Å². The minimum atomic E-state index is -0.576. The third-order valence-corrected chi connectivity index (χ3v) is 3.46. The molecule has 0 aliphatic carbocycles. The zero-order valence-electron chi connectivity index (χ0n) is 10.9. The molecule has 0 radical (unpaired) electrons. The van der Waals surface area contributed by atoms with Crippen molar-refractivity contribution in [2.75, 3.05) is 13.6 Å². The van der Waals surface area contributed by atoms with Crippen LogP contribution in [0.25, 0.3) is 0 Å². The summed E-state index contributed by atoms with van der Waals surface area (Å²) >= 11 is 5.95. The molecule has 0 aliphatic rings. The molecule has 0 bridgehead atoms. The van der Waals surface area contributed by atoms with Gasteiger partial charge in [0.05, 0.1) is 5.60 Å². The van der Waals surface area contributed by atoms with Gasteiger partial charge in [0.1, 0.15) is 0 Å². The van der Waals surface area contributed by atoms with Gasteiger partial charge in [-0.25, -0.2) is 0 Å². The van der Waals surface area contributed by atoms with Crippen LogP contribution in [0.15, 0.2) is 24.3 Å². The normalized spacial score (nSPS) is 12.1. The Hall–Kier alpha value is -0.570. The lowest BCUT2D eigenvalue weighted by atomic mass is 9.97. The van der Waals surface area contributed by atoms with Crippen molar-refractivity contribution in [1.82, 2.24) is 4.90 Å². The van der Waals surface area contributed by atoms with E-state index in [1.165, 1.54) is 5.56 Å². The molecule has 17 heavy (non-hydrogen) atoms. The van der Waals surface area contributed by atoms with Crippen molar-refractivity contribution >= 4 is 11.6 Å². The lowest BCUT2D eigenvalue weighted by Crippen LogP contribution is -2.40. The molecule has 0 aliphatic heterocycles. The van der Waals surface area contributed by atoms with E-state index >= 15 is 0 Å². The molecule has 1 rings (SSSR count). The molecule has 3 heteroatoms. The lowest BCUT2D eigenvalue weighted by Gasteiger charge is -2.30. The minimum Gasteiger partial charge on any atom is -0.389 e. The second kappa shape index (κ2) is 6.39. The summed E-state index contributed by atoms with van der Waals surface area (Å²) in [6.45, 7) is 5.54. The summed E-state index contributed by atoms with van der Waals surface area (Å²) < 4.78 is 0. The van der Waals surface area contributed by atoms with Crippen LogP contribution in [-0.2, 0) is 6.54 Å². The van der Waals surface area contributed by atoms with Gasteiger partial charge in [-0.05, 0) is 37.6 Å². The summed E-state index contributed by atoms with van der Waals surface area (Å²) in [5.41, 5.74) is 0.599. The Morgan fingerprint density at radius 3 is 2.47 bits per heavy atom. The van der Waals surface area contributed by atoms with Crippen LogP contribution in [0.4, 0.5) is 0 Å². The monoisotopic (exact) mass is 255 g/mol. The third kappa shape index (κ3) is 4.66. The summed E-state index contributed by atoms with van der Waals surface area (Å²) in [4.78, 5) is 2.14. The van der Waals surface area contributed by atoms with Gasteiger partial charge in [0.15, 0.2) is 0 Å². The van der Waals surface area contributed by atoms with Crippen molar-refractivity contribution in [1.29, 1.82) is 0 Å². The molecule has 1 aromatic carbocycles. The summed E-state index contributed by atoms with van der Waals surface area (Å²) in [6.07, 6.45) is 1.56. The molecule has 0 fully saturated rings. The van der Waals surface area contributed by atoms with Gasteiger partial charge in [0.25, 0.3) is 0 Å². The molecule has 0 heterocycles. The third-order valence-electron chi connectivity index (χ3n) is 3.22. The first-order valence-electron chi connectivity index (χ1n) is 6.14. The molecular weight excluding hydrogens is 234 g/mol. The van der Waals surface area contributed by atoms with Crippen LogP contribution in [-0.4, -0.2) is 29.2 Å². The second-order valence-corrected chi connectivity index (χ2v) is 5.17. The molecular formula is C14H22ClNO. The predicted molar refractivity (Wildman–Crippen MR) is 73.3 cm³/mol. The molecule has 1 aromatic rings. The van der Waals surface area contributed by atoms with E-state index < -0.39 is 5.60 Å². The quantitative estimate of drug-likeness (QED) is 0.843. The van der Waals surface area contributed by atoms with Crippen molar-refractivity contribution in [2.45, 2.75) is 38.8 Å². The van der Waals surface area contributed by atoms with E-state index in [0.29, 0.717) is 6.54 Å². The maximum atomic E-state index is 10.3. The standard InChI is InChI=1S/C14H22ClNO/c1-4-14(17,5-2)11-16(3)10-12-7-6-8-13(15)9-12/h6-9,17H,4-5,10-11H2,1-3H3. The van der Waals surface area contributed by atoms with Gasteiger partial charge < -0.3 is 5.11 Å². The van der Waals surface area contributed by atoms with Crippen LogP contribution in [0.5, 0.6) is 0 Å². The number of likely N-dealkylation sites (N-methyl/N-ethyl adjacent to an activating group) is 1. The van der Waals surface area contributed by atoms with Crippen molar-refractivity contribution < 1.29 is 5.11 Å². The number of benzene rings is 1. The van der Waals surface area contributed by atoms with E-state index in [0.717, 1.165) is 24.4 Å². The zero-order valence-corrected chi connectivity index (χ0v) is 11.7. The van der Waals surface area contributed by atoms with E-state index in [9.17, 15) is 5.11 Å². The predicted octanol–water partition coefficient (Wildman–Crippen LogP) is 3.32. The average Bonchev–Trinajstić information content (AvgIpc) is 2.28. The van der Waals surface area contributed by atoms with Crippen molar-refractivity contribution in [2.24, 2.45) is 0 Å². The van der Waals surface area contributed by atoms with Gasteiger partial charge in [-0.2, -0.15) is 0 Å². The highest BCUT2D eigenvalue weighted by Gasteiger charge is 2.23. The molecule has 1 N–H and O–H groups in total. The molecule has 0 spiro atoms. The summed E-state index contributed by atoms with van der Waals surface area (Å²) in [6, 6.07) is 7.85. The Balaban J connectivity index is 2.58. The Labute approximate surface area is 109 Å². The van der Waals surface area contributed by atoms with E-state index in [1.807, 2.05) is 39.1 Å². The van der Waals surface area contributed by atoms with Gasteiger partial charge in [0.2, 0.25) is 0 Å². The number of aliphatic hydroxyl groups is 1. The van der Waals surface area contributed by atoms with E-state index in [4.69, 9.17) is 11.6 Å². The van der Waals surface area contributed by atoms with E-state index in [-0.39, 0.29) is 0 Å². The first-order chi connectivity index (χ1) is 7.99. The Kier molecular flexibility index (Phi) is 5.44. The van der Waals surface area contributed by atoms with Gasteiger partial charge in [0, 0.05) is 18.1 Å². The van der Waals surface area contributed by atoms with Crippen molar-refractivity contribution in [3.8, 4) is 0 Å². The maximum absolute atomic E-state index is 10.3. The van der Waals surface area contributed by atoms with Crippen LogP contribution < -0.4 is 0 Å². The lowest BCUT2D eigenvalue weighted by molar-refractivity contribution is 0.00131. The Bertz CT molecular complexity index is 350. The largest absolute Gasteiger partial charge is 0.389 e. The van der Waals surface area contributed by atoms with Crippen molar-refractivity contribution in [3.63, 3.8) is 0 Å². The van der Waals surface area contributed by atoms with E-state index in [1.54, 1.807) is 0 Å². The second-order valence-electron chi connectivity index (χ2n) is 4.73.